The van der Waals surface area contributed by atoms with E-state index in [4.69, 9.17) is 28.4 Å². The van der Waals surface area contributed by atoms with Gasteiger partial charge < -0.3 is 48.8 Å². The monoisotopic (exact) mass is 945 g/mol. The molecule has 6 rings (SSSR count). The zero-order chi connectivity index (χ0) is 48.3. The molecule has 6 aliphatic heterocycles. The van der Waals surface area contributed by atoms with Crippen molar-refractivity contribution in [1.29, 1.82) is 0 Å². The molecule has 0 aliphatic carbocycles. The van der Waals surface area contributed by atoms with Crippen LogP contribution in [0.4, 0.5) is 0 Å². The van der Waals surface area contributed by atoms with Gasteiger partial charge in [-0.05, 0) is 50.7 Å². The lowest BCUT2D eigenvalue weighted by molar-refractivity contribution is -0.286. The molecule has 6 heterocycles. The van der Waals surface area contributed by atoms with Crippen LogP contribution >= 0.6 is 0 Å². The van der Waals surface area contributed by atoms with E-state index in [0.29, 0.717) is 51.4 Å². The number of carbonyl (C=O) groups excluding carboxylic acids is 2. The molecule has 0 bridgehead atoms. The van der Waals surface area contributed by atoms with E-state index >= 15 is 0 Å². The molecule has 0 radical (unpaired) electrons. The SMILES string of the molecule is C#C.CCCCCCCCCCCCCC(O)CC1CC(O)CC2(CC3OC(=O)C=CC3O2)O1.CCCCCCCCCCCCCC[C@@H](O)CC1CC(O)CC2(C[C@@H]3OC(=O)C=C[C@@H]3O2)O1. The first kappa shape index (κ1) is 57.2. The van der Waals surface area contributed by atoms with Gasteiger partial charge in [0.1, 0.15) is 24.4 Å². The van der Waals surface area contributed by atoms with E-state index in [9.17, 15) is 30.0 Å². The molecule has 2 spiro atoms. The molecule has 0 aromatic carbocycles. The maximum absolute atomic E-state index is 11.5. The van der Waals surface area contributed by atoms with Crippen LogP contribution in [0.15, 0.2) is 24.3 Å². The number of hydrogen-bond acceptors (Lipinski definition) is 12. The summed E-state index contributed by atoms with van der Waals surface area (Å²) >= 11 is 0. The van der Waals surface area contributed by atoms with Crippen LogP contribution in [-0.2, 0) is 38.0 Å². The maximum atomic E-state index is 11.5. The van der Waals surface area contributed by atoms with Crippen molar-refractivity contribution in [2.45, 2.75) is 298 Å². The van der Waals surface area contributed by atoms with Crippen molar-refractivity contribution in [3.8, 4) is 12.8 Å². The van der Waals surface area contributed by atoms with Gasteiger partial charge >= 0.3 is 11.9 Å². The second-order valence-electron chi connectivity index (χ2n) is 20.5. The largest absolute Gasteiger partial charge is 0.456 e. The number of unbranched alkanes of at least 4 members (excludes halogenated alkanes) is 21. The molecular formula is C55H92O12. The normalized spacial score (nSPS) is 31.5. The predicted molar refractivity (Wildman–Crippen MR) is 261 cm³/mol. The highest BCUT2D eigenvalue weighted by molar-refractivity contribution is 5.83. The number of aliphatic hydroxyl groups is 4. The van der Waals surface area contributed by atoms with Crippen LogP contribution in [0.25, 0.3) is 0 Å². The van der Waals surface area contributed by atoms with Crippen LogP contribution in [0.1, 0.15) is 226 Å². The van der Waals surface area contributed by atoms with Crippen molar-refractivity contribution in [2.24, 2.45) is 0 Å². The second kappa shape index (κ2) is 31.8. The van der Waals surface area contributed by atoms with E-state index < -0.39 is 36.0 Å². The zero-order valence-electron chi connectivity index (χ0n) is 41.6. The third kappa shape index (κ3) is 21.3. The Morgan fingerprint density at radius 2 is 0.821 bits per heavy atom. The van der Waals surface area contributed by atoms with Crippen molar-refractivity contribution >= 4 is 11.9 Å². The molecular weight excluding hydrogens is 853 g/mol. The lowest BCUT2D eigenvalue weighted by Crippen LogP contribution is -2.47. The molecule has 12 atom stereocenters. The summed E-state index contributed by atoms with van der Waals surface area (Å²) in [6, 6.07) is 0. The van der Waals surface area contributed by atoms with E-state index in [1.165, 1.54) is 134 Å². The van der Waals surface area contributed by atoms with Crippen molar-refractivity contribution in [2.75, 3.05) is 0 Å². The first-order valence-electron chi connectivity index (χ1n) is 27.0. The third-order valence-electron chi connectivity index (χ3n) is 14.4. The molecule has 0 amide bonds. The molecule has 4 saturated heterocycles. The zero-order valence-corrected chi connectivity index (χ0v) is 41.6. The van der Waals surface area contributed by atoms with Gasteiger partial charge in [0, 0.05) is 37.8 Å². The number of terminal acetylenes is 1. The van der Waals surface area contributed by atoms with Gasteiger partial charge in [-0.3, -0.25) is 0 Å². The number of hydrogen-bond donors (Lipinski definition) is 4. The van der Waals surface area contributed by atoms with E-state index in [2.05, 4.69) is 26.7 Å². The summed E-state index contributed by atoms with van der Waals surface area (Å²) in [7, 11) is 0. The molecule has 9 unspecified atom stereocenters. The van der Waals surface area contributed by atoms with Gasteiger partial charge in [-0.15, -0.1) is 12.8 Å². The topological polar surface area (TPSA) is 170 Å². The van der Waals surface area contributed by atoms with Gasteiger partial charge in [0.25, 0.3) is 0 Å². The number of rotatable bonds is 29. The van der Waals surface area contributed by atoms with Gasteiger partial charge in [0.05, 0.1) is 36.6 Å². The number of esters is 2. The quantitative estimate of drug-likeness (QED) is 0.0318. The van der Waals surface area contributed by atoms with Crippen molar-refractivity contribution in [3.05, 3.63) is 24.3 Å². The highest BCUT2D eigenvalue weighted by atomic mass is 16.7. The molecule has 4 N–H and O–H groups in total. The van der Waals surface area contributed by atoms with Crippen LogP contribution in [0, 0.1) is 12.8 Å². The van der Waals surface area contributed by atoms with Crippen molar-refractivity contribution in [1.82, 2.24) is 0 Å². The fourth-order valence-electron chi connectivity index (χ4n) is 11.0. The van der Waals surface area contributed by atoms with E-state index in [1.807, 2.05) is 0 Å². The van der Waals surface area contributed by atoms with Gasteiger partial charge in [0.15, 0.2) is 11.6 Å². The summed E-state index contributed by atoms with van der Waals surface area (Å²) < 4.78 is 35.3. The molecule has 6 aliphatic rings. The first-order chi connectivity index (χ1) is 32.5. The van der Waals surface area contributed by atoms with E-state index in [0.717, 1.165) is 38.5 Å². The lowest BCUT2D eigenvalue weighted by Gasteiger charge is -2.40. The Hall–Kier alpha value is -2.34. The number of ether oxygens (including phenoxy) is 6. The highest BCUT2D eigenvalue weighted by Gasteiger charge is 2.55. The summed E-state index contributed by atoms with van der Waals surface area (Å²) in [5.41, 5.74) is 0. The third-order valence-corrected chi connectivity index (χ3v) is 14.4. The minimum atomic E-state index is -0.928. The molecule has 0 saturated carbocycles. The first-order valence-corrected chi connectivity index (χ1v) is 27.0. The Morgan fingerprint density at radius 1 is 0.507 bits per heavy atom. The van der Waals surface area contributed by atoms with Gasteiger partial charge in [-0.25, -0.2) is 9.59 Å². The number of fused-ring (bicyclic) bond motifs is 2. The predicted octanol–water partition coefficient (Wildman–Crippen LogP) is 10.5. The van der Waals surface area contributed by atoms with Crippen LogP contribution < -0.4 is 0 Å². The number of carbonyl (C=O) groups is 2. The van der Waals surface area contributed by atoms with Gasteiger partial charge in [0.2, 0.25) is 0 Å². The summed E-state index contributed by atoms with van der Waals surface area (Å²) in [5, 5.41) is 41.9. The van der Waals surface area contributed by atoms with Crippen LogP contribution in [-0.4, -0.2) is 105 Å². The Balaban J connectivity index is 0.000000282. The van der Waals surface area contributed by atoms with Gasteiger partial charge in [-0.2, -0.15) is 0 Å². The average Bonchev–Trinajstić information content (AvgIpc) is 3.80. The van der Waals surface area contributed by atoms with E-state index in [-0.39, 0.29) is 48.6 Å². The van der Waals surface area contributed by atoms with Crippen LogP contribution in [0.5, 0.6) is 0 Å². The lowest BCUT2D eigenvalue weighted by atomic mass is 9.92. The minimum Gasteiger partial charge on any atom is -0.456 e. The summed E-state index contributed by atoms with van der Waals surface area (Å²) in [6.45, 7) is 4.52. The highest BCUT2D eigenvalue weighted by Crippen LogP contribution is 2.45. The van der Waals surface area contributed by atoms with Gasteiger partial charge in [-0.1, -0.05) is 162 Å². The van der Waals surface area contributed by atoms with Crippen LogP contribution in [0.3, 0.4) is 0 Å². The fraction of sp³-hybridized carbons (Fsp3) is 0.855. The van der Waals surface area contributed by atoms with Crippen molar-refractivity contribution in [3.63, 3.8) is 0 Å². The molecule has 0 aromatic heterocycles. The Morgan fingerprint density at radius 3 is 1.15 bits per heavy atom. The molecule has 384 valence electrons. The summed E-state index contributed by atoms with van der Waals surface area (Å²) in [5.74, 6) is -2.57. The van der Waals surface area contributed by atoms with E-state index in [1.54, 1.807) is 12.2 Å². The second-order valence-corrected chi connectivity index (χ2v) is 20.5. The minimum absolute atomic E-state index is 0.249. The summed E-state index contributed by atoms with van der Waals surface area (Å²) in [4.78, 5) is 23.0. The summed E-state index contributed by atoms with van der Waals surface area (Å²) in [6.07, 6.45) is 45.5. The van der Waals surface area contributed by atoms with Crippen LogP contribution in [0.2, 0.25) is 0 Å². The average molecular weight is 945 g/mol. The fourth-order valence-corrected chi connectivity index (χ4v) is 11.0. The number of aliphatic hydroxyl groups excluding tert-OH is 4. The molecule has 4 fully saturated rings. The maximum Gasteiger partial charge on any atom is 0.330 e. The molecule has 67 heavy (non-hydrogen) atoms. The Bertz CT molecular complexity index is 1450. The standard InChI is InChI=1S/C27H46O6.C26H44O6.C2H2/c1-2-3-4-5-6-7-8-9-10-11-12-13-14-21(28)17-23-18-22(29)19-27(32-23)20-25-24(33-27)15-16-26(30)31-25;1-2-3-4-5-6-7-8-9-10-11-12-13-20(27)16-22-17-21(28)18-26(31-22)19-24-23(32-26)14-15-25(29)30-24;1-2/h15-16,21-25,28-29H,2-14,17-20H2,1H3;14-15,20-24,27-28H,2-13,16-19H2,1H3;1-2H/t21-,22?,23?,24+,25+,27?;;/m1../s1. The molecule has 0 aromatic rings. The van der Waals surface area contributed by atoms with Crippen molar-refractivity contribution < 1.29 is 58.4 Å². The Kier molecular flexibility index (Phi) is 27.2. The smallest absolute Gasteiger partial charge is 0.330 e. The Labute approximate surface area is 404 Å². The molecule has 12 heteroatoms. The molecule has 12 nitrogen and oxygen atoms in total.